The van der Waals surface area contributed by atoms with E-state index in [1.165, 1.54) is 0 Å². The quantitative estimate of drug-likeness (QED) is 0.339. The van der Waals surface area contributed by atoms with Crippen LogP contribution in [-0.4, -0.2) is 63.0 Å². The van der Waals surface area contributed by atoms with Crippen molar-refractivity contribution >= 4 is 33.7 Å². The average molecular weight is 518 g/mol. The van der Waals surface area contributed by atoms with Crippen LogP contribution < -0.4 is 16.2 Å². The van der Waals surface area contributed by atoms with Gasteiger partial charge < -0.3 is 34.8 Å². The Balaban J connectivity index is 1.49. The number of hydrogen-bond acceptors (Lipinski definition) is 7. The number of amides is 1. The summed E-state index contributed by atoms with van der Waals surface area (Å²) in [6, 6.07) is 12.8. The number of benzene rings is 2. The Morgan fingerprint density at radius 2 is 2.08 bits per heavy atom. The molecule has 4 N–H and O–H groups in total. The summed E-state index contributed by atoms with van der Waals surface area (Å²) >= 11 is 0. The van der Waals surface area contributed by atoms with E-state index in [0.717, 1.165) is 33.5 Å². The van der Waals surface area contributed by atoms with Crippen LogP contribution in [0.1, 0.15) is 21.7 Å². The summed E-state index contributed by atoms with van der Waals surface area (Å²) < 4.78 is 28.2. The predicted octanol–water partition coefficient (Wildman–Crippen LogP) is 3.12. The van der Waals surface area contributed by atoms with Gasteiger partial charge >= 0.3 is 0 Å². The van der Waals surface area contributed by atoms with Gasteiger partial charge in [-0.15, -0.1) is 0 Å². The molecule has 0 aliphatic carbocycles. The zero-order valence-corrected chi connectivity index (χ0v) is 21.1. The minimum Gasteiger partial charge on any atom is -0.495 e. The normalized spacial score (nSPS) is 14.4. The van der Waals surface area contributed by atoms with Crippen LogP contribution in [0.2, 0.25) is 0 Å². The fourth-order valence-electron chi connectivity index (χ4n) is 5.31. The Labute approximate surface area is 217 Å². The Hall–Kier alpha value is -4.38. The van der Waals surface area contributed by atoms with E-state index in [9.17, 15) is 9.18 Å². The second kappa shape index (κ2) is 9.18. The maximum Gasteiger partial charge on any atom is 0.254 e. The Morgan fingerprint density at radius 1 is 1.24 bits per heavy atom. The van der Waals surface area contributed by atoms with E-state index in [2.05, 4.69) is 15.8 Å². The smallest absolute Gasteiger partial charge is 0.254 e. The van der Waals surface area contributed by atoms with Crippen molar-refractivity contribution in [2.45, 2.75) is 19.0 Å². The molecule has 11 heteroatoms. The topological polar surface area (TPSA) is 130 Å². The Bertz CT molecular complexity index is 1690. The SMILES string of the molecule is COc1cccc2cc(-c3nc4cc5c(cc4n3C)CCN(C[C@H](N)CF)C5=O)n(Cc3cc(N)no3)c12. The first-order chi connectivity index (χ1) is 18.4. The molecule has 0 radical (unpaired) electrons. The maximum absolute atomic E-state index is 13.2. The number of nitrogens with two attached hydrogens (primary N) is 2. The van der Waals surface area contributed by atoms with Crippen molar-refractivity contribution in [3.63, 3.8) is 0 Å². The number of aryl methyl sites for hydroxylation is 1. The first kappa shape index (κ1) is 24.0. The molecule has 0 saturated heterocycles. The third-order valence-corrected chi connectivity index (χ3v) is 7.15. The van der Waals surface area contributed by atoms with Crippen molar-refractivity contribution in [1.82, 2.24) is 24.2 Å². The molecule has 1 atom stereocenters. The van der Waals surface area contributed by atoms with Crippen LogP contribution in [0.5, 0.6) is 5.75 Å². The van der Waals surface area contributed by atoms with Crippen molar-refractivity contribution in [3.8, 4) is 17.3 Å². The van der Waals surface area contributed by atoms with Gasteiger partial charge in [-0.2, -0.15) is 0 Å². The molecule has 10 nitrogen and oxygen atoms in total. The van der Waals surface area contributed by atoms with Gasteiger partial charge in [-0.05, 0) is 36.2 Å². The van der Waals surface area contributed by atoms with Gasteiger partial charge in [0.1, 0.15) is 12.4 Å². The highest BCUT2D eigenvalue weighted by atomic mass is 19.1. The van der Waals surface area contributed by atoms with E-state index in [1.807, 2.05) is 41.9 Å². The number of imidazole rings is 1. The molecule has 0 spiro atoms. The Morgan fingerprint density at radius 3 is 2.82 bits per heavy atom. The number of hydrogen-bond donors (Lipinski definition) is 2. The van der Waals surface area contributed by atoms with Crippen molar-refractivity contribution in [1.29, 1.82) is 0 Å². The number of para-hydroxylation sites is 1. The molecule has 1 amide bonds. The number of carbonyl (C=O) groups is 1. The van der Waals surface area contributed by atoms with E-state index in [-0.39, 0.29) is 12.5 Å². The number of aromatic nitrogens is 4. The van der Waals surface area contributed by atoms with Crippen LogP contribution in [0.4, 0.5) is 10.2 Å². The van der Waals surface area contributed by atoms with Gasteiger partial charge in [0.2, 0.25) is 0 Å². The minimum absolute atomic E-state index is 0.147. The summed E-state index contributed by atoms with van der Waals surface area (Å²) in [6.45, 7) is 0.391. The number of fused-ring (bicyclic) bond motifs is 3. The van der Waals surface area contributed by atoms with E-state index in [1.54, 1.807) is 18.1 Å². The summed E-state index contributed by atoms with van der Waals surface area (Å²) in [6.07, 6.45) is 0.668. The molecule has 0 saturated carbocycles. The largest absolute Gasteiger partial charge is 0.495 e. The number of anilines is 1. The molecule has 5 aromatic rings. The molecular weight excluding hydrogens is 489 g/mol. The molecule has 196 valence electrons. The standard InChI is InChI=1S/C27H28FN7O3/c1-33-21-8-15-6-7-34(13-17(29)12-28)27(36)19(15)11-20(21)31-26(33)22-9-16-4-3-5-23(37-2)25(16)35(22)14-18-10-24(30)32-38-18/h3-5,8-11,17H,6-7,12-14,29H2,1-2H3,(H2,30,32)/t17-/m1/s1. The van der Waals surface area contributed by atoms with Crippen molar-refractivity contribution in [3.05, 3.63) is 59.4 Å². The first-order valence-corrected chi connectivity index (χ1v) is 12.4. The molecule has 0 unspecified atom stereocenters. The fourth-order valence-corrected chi connectivity index (χ4v) is 5.31. The van der Waals surface area contributed by atoms with Gasteiger partial charge in [-0.3, -0.25) is 4.79 Å². The number of halogens is 1. The van der Waals surface area contributed by atoms with Gasteiger partial charge in [0.05, 0.1) is 41.9 Å². The summed E-state index contributed by atoms with van der Waals surface area (Å²) in [5, 5.41) is 4.81. The summed E-state index contributed by atoms with van der Waals surface area (Å²) in [5.41, 5.74) is 16.4. The van der Waals surface area contributed by atoms with Gasteiger partial charge in [-0.25, -0.2) is 9.37 Å². The number of rotatable bonds is 7. The Kier molecular flexibility index (Phi) is 5.79. The molecule has 6 rings (SSSR count). The fraction of sp³-hybridized carbons (Fsp3) is 0.296. The molecule has 4 heterocycles. The monoisotopic (exact) mass is 517 g/mol. The average Bonchev–Trinajstić information content (AvgIpc) is 3.60. The number of carbonyl (C=O) groups excluding carboxylic acids is 1. The lowest BCUT2D eigenvalue weighted by molar-refractivity contribution is 0.0725. The van der Waals surface area contributed by atoms with Gasteiger partial charge in [0, 0.05) is 37.2 Å². The van der Waals surface area contributed by atoms with Gasteiger partial charge in [0.15, 0.2) is 17.4 Å². The number of methoxy groups -OCH3 is 1. The van der Waals surface area contributed by atoms with Crippen molar-refractivity contribution in [2.24, 2.45) is 12.8 Å². The predicted molar refractivity (Wildman–Crippen MR) is 142 cm³/mol. The number of alkyl halides is 1. The highest BCUT2D eigenvalue weighted by Gasteiger charge is 2.28. The van der Waals surface area contributed by atoms with Crippen molar-refractivity contribution in [2.75, 3.05) is 32.6 Å². The summed E-state index contributed by atoms with van der Waals surface area (Å²) in [5.74, 6) is 2.19. The number of ether oxygens (including phenoxy) is 1. The third kappa shape index (κ3) is 3.86. The minimum atomic E-state index is -0.690. The van der Waals surface area contributed by atoms with E-state index >= 15 is 0 Å². The zero-order chi connectivity index (χ0) is 26.6. The second-order valence-electron chi connectivity index (χ2n) is 9.64. The molecule has 1 aliphatic heterocycles. The van der Waals surface area contributed by atoms with Crippen LogP contribution in [0, 0.1) is 0 Å². The van der Waals surface area contributed by atoms with E-state index in [0.29, 0.717) is 47.9 Å². The third-order valence-electron chi connectivity index (χ3n) is 7.15. The molecule has 0 fully saturated rings. The van der Waals surface area contributed by atoms with Crippen LogP contribution in [0.25, 0.3) is 33.5 Å². The van der Waals surface area contributed by atoms with Crippen LogP contribution >= 0.6 is 0 Å². The van der Waals surface area contributed by atoms with Crippen molar-refractivity contribution < 1.29 is 18.4 Å². The van der Waals surface area contributed by atoms with Crippen LogP contribution in [-0.2, 0) is 20.0 Å². The molecular formula is C27H28FN7O3. The molecule has 3 aromatic heterocycles. The first-order valence-electron chi connectivity index (χ1n) is 12.4. The van der Waals surface area contributed by atoms with E-state index < -0.39 is 12.7 Å². The summed E-state index contributed by atoms with van der Waals surface area (Å²) in [7, 11) is 3.60. The molecule has 2 aromatic carbocycles. The molecule has 38 heavy (non-hydrogen) atoms. The lowest BCUT2D eigenvalue weighted by Gasteiger charge is -2.30. The maximum atomic E-state index is 13.2. The van der Waals surface area contributed by atoms with Gasteiger partial charge in [-0.1, -0.05) is 17.3 Å². The number of nitrogens with zero attached hydrogens (tertiary/aromatic N) is 5. The van der Waals surface area contributed by atoms with E-state index in [4.69, 9.17) is 25.7 Å². The highest BCUT2D eigenvalue weighted by Crippen LogP contribution is 2.36. The molecule has 1 aliphatic rings. The van der Waals surface area contributed by atoms with Gasteiger partial charge in [0.25, 0.3) is 5.91 Å². The molecule has 0 bridgehead atoms. The van der Waals surface area contributed by atoms with Crippen LogP contribution in [0.15, 0.2) is 47.0 Å². The number of nitrogen functional groups attached to an aromatic ring is 1. The van der Waals surface area contributed by atoms with Crippen LogP contribution in [0.3, 0.4) is 0 Å². The summed E-state index contributed by atoms with van der Waals surface area (Å²) in [4.78, 5) is 19.8. The lowest BCUT2D eigenvalue weighted by Crippen LogP contribution is -2.45. The zero-order valence-electron chi connectivity index (χ0n) is 21.1. The second-order valence-corrected chi connectivity index (χ2v) is 9.64. The lowest BCUT2D eigenvalue weighted by atomic mass is 9.97. The highest BCUT2D eigenvalue weighted by molar-refractivity contribution is 6.01.